The number of benzene rings is 1. The molecule has 0 fully saturated rings. The predicted molar refractivity (Wildman–Crippen MR) is 51.5 cm³/mol. The molecule has 0 amide bonds. The van der Waals surface area contributed by atoms with Gasteiger partial charge in [-0.15, -0.1) is 0 Å². The maximum Gasteiger partial charge on any atom is 0.292 e. The molecule has 5 nitrogen and oxygen atoms in total. The second-order valence-corrected chi connectivity index (χ2v) is 4.97. The summed E-state index contributed by atoms with van der Waals surface area (Å²) in [5, 5.41) is 0. The summed E-state index contributed by atoms with van der Waals surface area (Å²) in [7, 11) is -3.21. The third-order valence-electron chi connectivity index (χ3n) is 1.80. The van der Waals surface area contributed by atoms with E-state index in [0.29, 0.717) is 11.1 Å². The van der Waals surface area contributed by atoms with Gasteiger partial charge in [0.2, 0.25) is 0 Å². The third-order valence-corrected chi connectivity index (χ3v) is 2.91. The molecule has 1 heterocycles. The lowest BCUT2D eigenvalue weighted by Gasteiger charge is -1.95. The highest BCUT2D eigenvalue weighted by atomic mass is 32.2. The first kappa shape index (κ1) is 9.01. The Kier molecular flexibility index (Phi) is 1.75. The number of hydrogen-bond acceptors (Lipinski definition) is 5. The molecule has 2 N–H and O–H groups in total. The van der Waals surface area contributed by atoms with Crippen LogP contribution in [0.1, 0.15) is 0 Å². The number of anilines is 1. The monoisotopic (exact) mass is 212 g/mol. The Bertz CT molecular complexity index is 586. The van der Waals surface area contributed by atoms with Crippen LogP contribution in [0.3, 0.4) is 0 Å². The van der Waals surface area contributed by atoms with Gasteiger partial charge in [0.25, 0.3) is 6.01 Å². The summed E-state index contributed by atoms with van der Waals surface area (Å²) < 4.78 is 27.4. The number of aromatic nitrogens is 1. The van der Waals surface area contributed by atoms with E-state index < -0.39 is 9.84 Å². The molecule has 0 spiro atoms. The summed E-state index contributed by atoms with van der Waals surface area (Å²) in [5.41, 5.74) is 6.25. The fourth-order valence-electron chi connectivity index (χ4n) is 1.16. The minimum absolute atomic E-state index is 0.0330. The van der Waals surface area contributed by atoms with Crippen molar-refractivity contribution in [2.24, 2.45) is 0 Å². The van der Waals surface area contributed by atoms with Gasteiger partial charge in [-0.1, -0.05) is 0 Å². The molecule has 74 valence electrons. The normalized spacial score (nSPS) is 12.1. The van der Waals surface area contributed by atoms with Crippen molar-refractivity contribution in [1.29, 1.82) is 0 Å². The van der Waals surface area contributed by atoms with E-state index in [2.05, 4.69) is 4.98 Å². The van der Waals surface area contributed by atoms with E-state index >= 15 is 0 Å². The third kappa shape index (κ3) is 1.44. The molecule has 0 radical (unpaired) electrons. The molecule has 0 aliphatic rings. The standard InChI is InChI=1S/C8H8N2O3S/c1-14(11,12)5-2-3-7-6(4-5)10-8(9)13-7/h2-4H,1H3,(H2,9,10). The van der Waals surface area contributed by atoms with E-state index in [9.17, 15) is 8.42 Å². The maximum atomic E-state index is 11.2. The fraction of sp³-hybridized carbons (Fsp3) is 0.125. The van der Waals surface area contributed by atoms with Crippen LogP contribution in [0.4, 0.5) is 6.01 Å². The number of nitrogens with two attached hydrogens (primary N) is 1. The second kappa shape index (κ2) is 2.71. The summed E-state index contributed by atoms with van der Waals surface area (Å²) in [4.78, 5) is 4.04. The highest BCUT2D eigenvalue weighted by Crippen LogP contribution is 2.20. The molecule has 1 aromatic heterocycles. The number of nitrogens with zero attached hydrogens (tertiary/aromatic N) is 1. The van der Waals surface area contributed by atoms with Gasteiger partial charge in [0, 0.05) is 6.26 Å². The number of oxazole rings is 1. The van der Waals surface area contributed by atoms with E-state index in [1.807, 2.05) is 0 Å². The molecule has 2 aromatic rings. The van der Waals surface area contributed by atoms with Crippen molar-refractivity contribution in [1.82, 2.24) is 4.98 Å². The van der Waals surface area contributed by atoms with Gasteiger partial charge in [-0.05, 0) is 18.2 Å². The molecule has 0 unspecified atom stereocenters. The summed E-state index contributed by atoms with van der Waals surface area (Å²) in [6.07, 6.45) is 1.14. The largest absolute Gasteiger partial charge is 0.424 e. The van der Waals surface area contributed by atoms with Crippen molar-refractivity contribution in [3.05, 3.63) is 18.2 Å². The number of sulfone groups is 1. The molecular weight excluding hydrogens is 204 g/mol. The first-order chi connectivity index (χ1) is 6.47. The van der Waals surface area contributed by atoms with E-state index in [1.54, 1.807) is 0 Å². The van der Waals surface area contributed by atoms with Gasteiger partial charge in [0.1, 0.15) is 5.52 Å². The Morgan fingerprint density at radius 3 is 2.79 bits per heavy atom. The summed E-state index contributed by atoms with van der Waals surface area (Å²) in [6, 6.07) is 4.47. The predicted octanol–water partition coefficient (Wildman–Crippen LogP) is 0.814. The molecule has 0 aliphatic carbocycles. The lowest BCUT2D eigenvalue weighted by atomic mass is 10.3. The Morgan fingerprint density at radius 2 is 2.14 bits per heavy atom. The van der Waals surface area contributed by atoms with Crippen molar-refractivity contribution in [3.63, 3.8) is 0 Å². The lowest BCUT2D eigenvalue weighted by molar-refractivity contribution is 0.602. The smallest absolute Gasteiger partial charge is 0.292 e. The van der Waals surface area contributed by atoms with Crippen LogP contribution in [0.5, 0.6) is 0 Å². The van der Waals surface area contributed by atoms with Crippen molar-refractivity contribution in [2.75, 3.05) is 12.0 Å². The average Bonchev–Trinajstić information content (AvgIpc) is 2.41. The molecule has 0 aliphatic heterocycles. The minimum atomic E-state index is -3.21. The van der Waals surface area contributed by atoms with E-state index in [1.165, 1.54) is 18.2 Å². The first-order valence-electron chi connectivity index (χ1n) is 3.83. The van der Waals surface area contributed by atoms with E-state index in [0.717, 1.165) is 6.26 Å². The van der Waals surface area contributed by atoms with Gasteiger partial charge in [0.15, 0.2) is 15.4 Å². The van der Waals surface area contributed by atoms with Gasteiger partial charge in [-0.2, -0.15) is 4.98 Å². The van der Waals surface area contributed by atoms with Crippen molar-refractivity contribution in [3.8, 4) is 0 Å². The van der Waals surface area contributed by atoms with Crippen molar-refractivity contribution < 1.29 is 12.8 Å². The van der Waals surface area contributed by atoms with E-state index in [4.69, 9.17) is 10.2 Å². The van der Waals surface area contributed by atoms with Crippen LogP contribution in [0.25, 0.3) is 11.1 Å². The van der Waals surface area contributed by atoms with Gasteiger partial charge < -0.3 is 10.2 Å². The zero-order valence-electron chi connectivity index (χ0n) is 7.39. The van der Waals surface area contributed by atoms with Gasteiger partial charge >= 0.3 is 0 Å². The zero-order valence-corrected chi connectivity index (χ0v) is 8.21. The molecule has 0 bridgehead atoms. The minimum Gasteiger partial charge on any atom is -0.424 e. The van der Waals surface area contributed by atoms with Crippen LogP contribution in [-0.4, -0.2) is 19.7 Å². The Labute approximate surface area is 80.5 Å². The zero-order chi connectivity index (χ0) is 10.3. The van der Waals surface area contributed by atoms with Crippen molar-refractivity contribution >= 4 is 27.0 Å². The second-order valence-electron chi connectivity index (χ2n) is 2.95. The number of nitrogen functional groups attached to an aromatic ring is 1. The highest BCUT2D eigenvalue weighted by Gasteiger charge is 2.10. The Morgan fingerprint density at radius 1 is 1.43 bits per heavy atom. The van der Waals surface area contributed by atoms with Gasteiger partial charge in [-0.25, -0.2) is 8.42 Å². The van der Waals surface area contributed by atoms with Crippen molar-refractivity contribution in [2.45, 2.75) is 4.90 Å². The van der Waals surface area contributed by atoms with Crippen LogP contribution >= 0.6 is 0 Å². The van der Waals surface area contributed by atoms with Gasteiger partial charge in [-0.3, -0.25) is 0 Å². The number of hydrogen-bond donors (Lipinski definition) is 1. The Balaban J connectivity index is 2.74. The van der Waals surface area contributed by atoms with Crippen LogP contribution in [0, 0.1) is 0 Å². The first-order valence-corrected chi connectivity index (χ1v) is 5.72. The summed E-state index contributed by atoms with van der Waals surface area (Å²) in [5.74, 6) is 0. The lowest BCUT2D eigenvalue weighted by Crippen LogP contribution is -1.96. The molecule has 1 aromatic carbocycles. The highest BCUT2D eigenvalue weighted by molar-refractivity contribution is 7.90. The number of fused-ring (bicyclic) bond motifs is 1. The van der Waals surface area contributed by atoms with Crippen LogP contribution in [-0.2, 0) is 9.84 Å². The Hall–Kier alpha value is -1.56. The molecule has 2 rings (SSSR count). The summed E-state index contributed by atoms with van der Waals surface area (Å²) in [6.45, 7) is 0. The van der Waals surface area contributed by atoms with Gasteiger partial charge in [0.05, 0.1) is 4.90 Å². The maximum absolute atomic E-state index is 11.2. The molecule has 0 saturated heterocycles. The number of rotatable bonds is 1. The van der Waals surface area contributed by atoms with Crippen LogP contribution in [0.2, 0.25) is 0 Å². The molecule has 0 atom stereocenters. The quantitative estimate of drug-likeness (QED) is 0.756. The average molecular weight is 212 g/mol. The molecular formula is C8H8N2O3S. The van der Waals surface area contributed by atoms with Crippen LogP contribution < -0.4 is 5.73 Å². The topological polar surface area (TPSA) is 86.2 Å². The van der Waals surface area contributed by atoms with Crippen LogP contribution in [0.15, 0.2) is 27.5 Å². The van der Waals surface area contributed by atoms with E-state index in [-0.39, 0.29) is 10.9 Å². The fourth-order valence-corrected chi connectivity index (χ4v) is 1.80. The summed E-state index contributed by atoms with van der Waals surface area (Å²) >= 11 is 0. The molecule has 14 heavy (non-hydrogen) atoms. The molecule has 0 saturated carbocycles. The molecule has 6 heteroatoms. The SMILES string of the molecule is CS(=O)(=O)c1ccc2oc(N)nc2c1.